The summed E-state index contributed by atoms with van der Waals surface area (Å²) in [5, 5.41) is 12.4. The summed E-state index contributed by atoms with van der Waals surface area (Å²) in [4.78, 5) is 40.6. The summed E-state index contributed by atoms with van der Waals surface area (Å²) in [7, 11) is 1.96. The predicted octanol–water partition coefficient (Wildman–Crippen LogP) is 1.99. The third kappa shape index (κ3) is 2.94. The van der Waals surface area contributed by atoms with Crippen molar-refractivity contribution in [1.29, 1.82) is 0 Å². The molecule has 5 rings (SSSR count). The van der Waals surface area contributed by atoms with Crippen molar-refractivity contribution in [2.75, 3.05) is 25.0 Å². The van der Waals surface area contributed by atoms with E-state index in [1.165, 1.54) is 0 Å². The van der Waals surface area contributed by atoms with Crippen molar-refractivity contribution < 1.29 is 19.5 Å². The van der Waals surface area contributed by atoms with E-state index < -0.39 is 12.5 Å². The lowest BCUT2D eigenvalue weighted by Gasteiger charge is -2.46. The van der Waals surface area contributed by atoms with Crippen molar-refractivity contribution in [1.82, 2.24) is 14.8 Å². The van der Waals surface area contributed by atoms with E-state index >= 15 is 0 Å². The van der Waals surface area contributed by atoms with Gasteiger partial charge in [0.05, 0.1) is 16.9 Å². The molecule has 0 spiro atoms. The zero-order valence-corrected chi connectivity index (χ0v) is 17.0. The van der Waals surface area contributed by atoms with Crippen LogP contribution in [0.25, 0.3) is 10.9 Å². The van der Waals surface area contributed by atoms with Gasteiger partial charge in [-0.05, 0) is 30.2 Å². The minimum atomic E-state index is -1.09. The molecule has 2 aromatic carbocycles. The first-order valence-corrected chi connectivity index (χ1v) is 10.2. The molecule has 2 N–H and O–H groups in total. The van der Waals surface area contributed by atoms with Gasteiger partial charge in [0.2, 0.25) is 5.91 Å². The van der Waals surface area contributed by atoms with E-state index in [0.717, 1.165) is 27.8 Å². The molecule has 2 amide bonds. The molecule has 0 aliphatic carbocycles. The second kappa shape index (κ2) is 7.16. The normalized spacial score (nSPS) is 17.2. The van der Waals surface area contributed by atoms with Crippen LogP contribution in [0.15, 0.2) is 48.5 Å². The second-order valence-electron chi connectivity index (χ2n) is 7.89. The third-order valence-electron chi connectivity index (χ3n) is 6.14. The van der Waals surface area contributed by atoms with Gasteiger partial charge in [0.15, 0.2) is 0 Å². The number of aliphatic carboxylic acids is 1. The topological polar surface area (TPSA) is 94.9 Å². The van der Waals surface area contributed by atoms with E-state index in [-0.39, 0.29) is 24.5 Å². The lowest BCUT2D eigenvalue weighted by Crippen LogP contribution is -2.51. The van der Waals surface area contributed by atoms with Crippen molar-refractivity contribution in [3.05, 3.63) is 65.4 Å². The van der Waals surface area contributed by atoms with Gasteiger partial charge in [-0.25, -0.2) is 0 Å². The zero-order valence-electron chi connectivity index (χ0n) is 17.0. The van der Waals surface area contributed by atoms with E-state index in [1.807, 2.05) is 65.0 Å². The quantitative estimate of drug-likeness (QED) is 0.676. The number of aromatic nitrogens is 1. The number of amides is 2. The summed E-state index contributed by atoms with van der Waals surface area (Å²) in [6.07, 6.45) is 0.350. The highest BCUT2D eigenvalue weighted by Crippen LogP contribution is 2.44. The molecule has 3 heterocycles. The summed E-state index contributed by atoms with van der Waals surface area (Å²) in [6, 6.07) is 15.4. The maximum absolute atomic E-state index is 13.3. The van der Waals surface area contributed by atoms with Gasteiger partial charge in [0.1, 0.15) is 19.3 Å². The van der Waals surface area contributed by atoms with Crippen molar-refractivity contribution in [2.24, 2.45) is 0 Å². The summed E-state index contributed by atoms with van der Waals surface area (Å²) < 4.78 is 1.93. The molecule has 0 bridgehead atoms. The van der Waals surface area contributed by atoms with Gasteiger partial charge >= 0.3 is 5.97 Å². The number of carbonyl (C=O) groups excluding carboxylic acids is 2. The highest BCUT2D eigenvalue weighted by Gasteiger charge is 2.42. The van der Waals surface area contributed by atoms with Crippen LogP contribution in [0.3, 0.4) is 0 Å². The Bertz CT molecular complexity index is 1230. The van der Waals surface area contributed by atoms with Crippen LogP contribution in [0.5, 0.6) is 0 Å². The van der Waals surface area contributed by atoms with Crippen LogP contribution in [-0.2, 0) is 22.6 Å². The molecule has 0 fully saturated rings. The molecule has 1 aromatic heterocycles. The average molecular weight is 418 g/mol. The standard InChI is InChI=1S/C23H22N4O4/c1-25-17-8-4-3-7-16(17)23(31)26-11-10-15-14-6-2-5-9-18(14)27(21(15)22(25)26)13-19(28)24-12-20(29)30/h2-9,22H,10-13H2,1H3,(H,24,28)(H,29,30). The fourth-order valence-electron chi connectivity index (χ4n) is 4.85. The van der Waals surface area contributed by atoms with Crippen LogP contribution in [-0.4, -0.2) is 52.5 Å². The Morgan fingerprint density at radius 3 is 2.68 bits per heavy atom. The van der Waals surface area contributed by atoms with E-state index in [2.05, 4.69) is 10.2 Å². The van der Waals surface area contributed by atoms with Crippen LogP contribution < -0.4 is 10.2 Å². The van der Waals surface area contributed by atoms with Crippen LogP contribution in [0.2, 0.25) is 0 Å². The first kappa shape index (κ1) is 19.2. The minimum Gasteiger partial charge on any atom is -0.480 e. The Balaban J connectivity index is 1.65. The molecule has 1 atom stereocenters. The van der Waals surface area contributed by atoms with Crippen LogP contribution in [0.4, 0.5) is 5.69 Å². The van der Waals surface area contributed by atoms with Crippen LogP contribution >= 0.6 is 0 Å². The lowest BCUT2D eigenvalue weighted by atomic mass is 9.96. The minimum absolute atomic E-state index is 0.0167. The molecule has 1 unspecified atom stereocenters. The molecule has 31 heavy (non-hydrogen) atoms. The van der Waals surface area contributed by atoms with Gasteiger partial charge in [0, 0.05) is 24.5 Å². The Labute approximate surface area is 178 Å². The van der Waals surface area contributed by atoms with Gasteiger partial charge in [-0.1, -0.05) is 30.3 Å². The van der Waals surface area contributed by atoms with Gasteiger partial charge in [0.25, 0.3) is 5.91 Å². The SMILES string of the molecule is CN1c2ccccc2C(=O)N2CCc3c(n(CC(=O)NCC(=O)O)c4ccccc34)C21. The smallest absolute Gasteiger partial charge is 0.322 e. The maximum Gasteiger partial charge on any atom is 0.322 e. The lowest BCUT2D eigenvalue weighted by molar-refractivity contribution is -0.138. The van der Waals surface area contributed by atoms with Crippen molar-refractivity contribution >= 4 is 34.4 Å². The van der Waals surface area contributed by atoms with E-state index in [9.17, 15) is 14.4 Å². The molecule has 158 valence electrons. The Hall–Kier alpha value is -3.81. The molecule has 3 aromatic rings. The van der Waals surface area contributed by atoms with Gasteiger partial charge in [-0.15, -0.1) is 0 Å². The molecule has 8 nitrogen and oxygen atoms in total. The molecule has 8 heteroatoms. The molecule has 0 radical (unpaired) electrons. The van der Waals surface area contributed by atoms with Gasteiger partial charge in [-0.3, -0.25) is 14.4 Å². The molecule has 0 saturated carbocycles. The van der Waals surface area contributed by atoms with Crippen molar-refractivity contribution in [3.8, 4) is 0 Å². The number of fused-ring (bicyclic) bond motifs is 6. The number of hydrogen-bond acceptors (Lipinski definition) is 4. The largest absolute Gasteiger partial charge is 0.480 e. The highest BCUT2D eigenvalue weighted by atomic mass is 16.4. The summed E-state index contributed by atoms with van der Waals surface area (Å²) in [6.45, 7) is 0.146. The molecular formula is C23H22N4O4. The Morgan fingerprint density at radius 1 is 1.13 bits per heavy atom. The van der Waals surface area contributed by atoms with Crippen molar-refractivity contribution in [2.45, 2.75) is 19.1 Å². The number of nitrogens with one attached hydrogen (secondary N) is 1. The zero-order chi connectivity index (χ0) is 21.7. The molecule has 0 saturated heterocycles. The van der Waals surface area contributed by atoms with Gasteiger partial charge < -0.3 is 24.8 Å². The number of carboxylic acid groups (broad SMARTS) is 1. The predicted molar refractivity (Wildman–Crippen MR) is 115 cm³/mol. The van der Waals surface area contributed by atoms with Crippen LogP contribution in [0, 0.1) is 0 Å². The van der Waals surface area contributed by atoms with Gasteiger partial charge in [-0.2, -0.15) is 0 Å². The monoisotopic (exact) mass is 418 g/mol. The molecule has 2 aliphatic rings. The molecular weight excluding hydrogens is 396 g/mol. The number of nitrogens with zero attached hydrogens (tertiary/aromatic N) is 3. The summed E-state index contributed by atoms with van der Waals surface area (Å²) in [5.74, 6) is -1.49. The molecule has 2 aliphatic heterocycles. The number of rotatable bonds is 4. The van der Waals surface area contributed by atoms with Crippen LogP contribution in [0.1, 0.15) is 27.8 Å². The fraction of sp³-hybridized carbons (Fsp3) is 0.261. The highest BCUT2D eigenvalue weighted by molar-refractivity contribution is 6.02. The second-order valence-corrected chi connectivity index (χ2v) is 7.89. The number of anilines is 1. The average Bonchev–Trinajstić information content (AvgIpc) is 3.09. The first-order chi connectivity index (χ1) is 15.0. The number of carbonyl (C=O) groups is 3. The fourth-order valence-corrected chi connectivity index (χ4v) is 4.85. The number of benzene rings is 2. The maximum atomic E-state index is 13.3. The van der Waals surface area contributed by atoms with E-state index in [1.54, 1.807) is 0 Å². The summed E-state index contributed by atoms with van der Waals surface area (Å²) in [5.41, 5.74) is 4.46. The number of para-hydroxylation sites is 2. The van der Waals surface area contributed by atoms with E-state index in [0.29, 0.717) is 18.5 Å². The van der Waals surface area contributed by atoms with E-state index in [4.69, 9.17) is 5.11 Å². The Morgan fingerprint density at radius 2 is 1.87 bits per heavy atom. The Kier molecular flexibility index (Phi) is 4.43. The number of hydrogen-bond donors (Lipinski definition) is 2. The number of carboxylic acids is 1. The third-order valence-corrected chi connectivity index (χ3v) is 6.14. The van der Waals surface area contributed by atoms with Crippen molar-refractivity contribution in [3.63, 3.8) is 0 Å². The summed E-state index contributed by atoms with van der Waals surface area (Å²) >= 11 is 0. The first-order valence-electron chi connectivity index (χ1n) is 10.2.